The molecule has 0 amide bonds. The Morgan fingerprint density at radius 3 is 1.80 bits per heavy atom. The van der Waals surface area contributed by atoms with Crippen molar-refractivity contribution in [3.05, 3.63) is 73.3 Å². The van der Waals surface area contributed by atoms with E-state index in [9.17, 15) is 0 Å². The maximum atomic E-state index is 6.86. The molecule has 2 aromatic rings. The number of benzene rings is 2. The summed E-state index contributed by atoms with van der Waals surface area (Å²) >= 11 is 0. The maximum Gasteiger partial charge on any atom is 0.261 e. The van der Waals surface area contributed by atoms with E-state index in [1.165, 1.54) is 23.2 Å². The van der Waals surface area contributed by atoms with Crippen LogP contribution in [0.2, 0.25) is 5.04 Å². The molecule has 0 saturated heterocycles. The summed E-state index contributed by atoms with van der Waals surface area (Å²) in [5.74, 6) is 0. The largest absolute Gasteiger partial charge is 0.407 e. The molecule has 0 unspecified atom stereocenters. The van der Waals surface area contributed by atoms with E-state index in [0.717, 1.165) is 19.4 Å². The Balaban J connectivity index is 2.34. The van der Waals surface area contributed by atoms with Crippen LogP contribution in [0.1, 0.15) is 46.5 Å². The lowest BCUT2D eigenvalue weighted by Crippen LogP contribution is -2.66. The Kier molecular flexibility index (Phi) is 7.21. The second kappa shape index (κ2) is 9.16. The summed E-state index contributed by atoms with van der Waals surface area (Å²) in [6.45, 7) is 11.6. The van der Waals surface area contributed by atoms with Crippen LogP contribution in [-0.2, 0) is 4.43 Å². The highest BCUT2D eigenvalue weighted by atomic mass is 28.4. The Hall–Kier alpha value is -1.64. The second-order valence-electron chi connectivity index (χ2n) is 7.65. The van der Waals surface area contributed by atoms with E-state index in [1.54, 1.807) is 0 Å². The van der Waals surface area contributed by atoms with Crippen molar-refractivity contribution < 1.29 is 4.43 Å². The maximum absolute atomic E-state index is 6.86. The van der Waals surface area contributed by atoms with E-state index in [0.29, 0.717) is 0 Å². The molecule has 0 saturated carbocycles. The molecule has 0 heterocycles. The van der Waals surface area contributed by atoms with Gasteiger partial charge in [0.25, 0.3) is 8.32 Å². The van der Waals surface area contributed by atoms with Gasteiger partial charge in [0.2, 0.25) is 0 Å². The van der Waals surface area contributed by atoms with Gasteiger partial charge in [-0.2, -0.15) is 0 Å². The molecule has 0 radical (unpaired) electrons. The Bertz CT molecular complexity index is 589. The average Bonchev–Trinajstić information content (AvgIpc) is 2.62. The molecule has 0 aliphatic heterocycles. The lowest BCUT2D eigenvalue weighted by atomic mass is 10.2. The van der Waals surface area contributed by atoms with Gasteiger partial charge in [-0.1, -0.05) is 93.9 Å². The first-order valence-corrected chi connectivity index (χ1v) is 11.3. The predicted octanol–water partition coefficient (Wildman–Crippen LogP) is 5.31. The van der Waals surface area contributed by atoms with Crippen molar-refractivity contribution in [3.8, 4) is 0 Å². The SMILES string of the molecule is C=CCCCCCO[Si](c1ccccc1)(c1ccccc1)C(C)(C)C. The molecule has 0 aliphatic rings. The fourth-order valence-corrected chi connectivity index (χ4v) is 8.16. The zero-order valence-corrected chi connectivity index (χ0v) is 17.0. The van der Waals surface area contributed by atoms with Gasteiger partial charge in [0, 0.05) is 6.61 Å². The van der Waals surface area contributed by atoms with Crippen LogP contribution in [0.4, 0.5) is 0 Å². The smallest absolute Gasteiger partial charge is 0.261 e. The number of unbranched alkanes of at least 4 members (excludes halogenated alkanes) is 3. The first-order valence-electron chi connectivity index (χ1n) is 9.38. The number of hydrogen-bond acceptors (Lipinski definition) is 1. The van der Waals surface area contributed by atoms with Crippen molar-refractivity contribution in [1.29, 1.82) is 0 Å². The molecule has 2 heteroatoms. The average molecular weight is 353 g/mol. The Morgan fingerprint density at radius 1 is 0.840 bits per heavy atom. The third kappa shape index (κ3) is 4.71. The van der Waals surface area contributed by atoms with Crippen LogP contribution >= 0.6 is 0 Å². The Morgan fingerprint density at radius 2 is 1.36 bits per heavy atom. The summed E-state index contributed by atoms with van der Waals surface area (Å²) in [6, 6.07) is 21.7. The van der Waals surface area contributed by atoms with Crippen LogP contribution in [0, 0.1) is 0 Å². The fraction of sp³-hybridized carbons (Fsp3) is 0.391. The van der Waals surface area contributed by atoms with Crippen LogP contribution in [0.15, 0.2) is 73.3 Å². The third-order valence-corrected chi connectivity index (χ3v) is 9.83. The molecule has 1 nitrogen and oxygen atoms in total. The normalized spacial score (nSPS) is 12.1. The molecule has 2 rings (SSSR count). The van der Waals surface area contributed by atoms with Crippen LogP contribution in [-0.4, -0.2) is 14.9 Å². The summed E-state index contributed by atoms with van der Waals surface area (Å²) in [5.41, 5.74) is 0. The molecule has 0 spiro atoms. The quantitative estimate of drug-likeness (QED) is 0.338. The number of rotatable bonds is 9. The predicted molar refractivity (Wildman–Crippen MR) is 112 cm³/mol. The van der Waals surface area contributed by atoms with Crippen molar-refractivity contribution in [2.45, 2.75) is 51.5 Å². The first-order chi connectivity index (χ1) is 12.0. The van der Waals surface area contributed by atoms with Crippen molar-refractivity contribution in [2.24, 2.45) is 0 Å². The van der Waals surface area contributed by atoms with Gasteiger partial charge in [-0.3, -0.25) is 0 Å². The monoisotopic (exact) mass is 352 g/mol. The van der Waals surface area contributed by atoms with Crippen molar-refractivity contribution in [3.63, 3.8) is 0 Å². The van der Waals surface area contributed by atoms with Gasteiger partial charge in [-0.25, -0.2) is 0 Å². The summed E-state index contributed by atoms with van der Waals surface area (Å²) in [7, 11) is -2.34. The third-order valence-electron chi connectivity index (χ3n) is 4.79. The van der Waals surface area contributed by atoms with E-state index in [4.69, 9.17) is 4.43 Å². The van der Waals surface area contributed by atoms with E-state index >= 15 is 0 Å². The zero-order valence-electron chi connectivity index (χ0n) is 16.0. The van der Waals surface area contributed by atoms with Gasteiger partial charge >= 0.3 is 0 Å². The molecule has 2 aromatic carbocycles. The highest BCUT2D eigenvalue weighted by molar-refractivity contribution is 6.99. The first kappa shape index (κ1) is 19.7. The minimum Gasteiger partial charge on any atom is -0.407 e. The van der Waals surface area contributed by atoms with Crippen LogP contribution in [0.5, 0.6) is 0 Å². The van der Waals surface area contributed by atoms with E-state index in [2.05, 4.69) is 88.0 Å². The van der Waals surface area contributed by atoms with Crippen LogP contribution in [0.3, 0.4) is 0 Å². The molecule has 0 fully saturated rings. The Labute approximate surface area is 154 Å². The summed E-state index contributed by atoms with van der Waals surface area (Å²) in [5, 5.41) is 2.79. The highest BCUT2D eigenvalue weighted by Crippen LogP contribution is 2.36. The molecular formula is C23H32OSi. The number of allylic oxidation sites excluding steroid dienone is 1. The fourth-order valence-electron chi connectivity index (χ4n) is 3.55. The molecule has 0 aromatic heterocycles. The lowest BCUT2D eigenvalue weighted by molar-refractivity contribution is 0.287. The second-order valence-corrected chi connectivity index (χ2v) is 12.0. The molecule has 0 N–H and O–H groups in total. The van der Waals surface area contributed by atoms with Gasteiger partial charge in [-0.05, 0) is 34.7 Å². The minimum atomic E-state index is -2.34. The molecule has 134 valence electrons. The van der Waals surface area contributed by atoms with Crippen molar-refractivity contribution in [2.75, 3.05) is 6.61 Å². The molecule has 0 atom stereocenters. The standard InChI is InChI=1S/C23H32OSi/c1-5-6-7-8-15-20-24-25(23(2,3)4,21-16-11-9-12-17-21)22-18-13-10-14-19-22/h5,9-14,16-19H,1,6-8,15,20H2,2-4H3. The van der Waals surface area contributed by atoms with Gasteiger partial charge in [0.05, 0.1) is 0 Å². The summed E-state index contributed by atoms with van der Waals surface area (Å²) < 4.78 is 6.86. The summed E-state index contributed by atoms with van der Waals surface area (Å²) in [4.78, 5) is 0. The van der Waals surface area contributed by atoms with Crippen molar-refractivity contribution >= 4 is 18.7 Å². The van der Waals surface area contributed by atoms with E-state index < -0.39 is 8.32 Å². The topological polar surface area (TPSA) is 9.23 Å². The minimum absolute atomic E-state index is 0.0663. The van der Waals surface area contributed by atoms with Crippen LogP contribution < -0.4 is 10.4 Å². The highest BCUT2D eigenvalue weighted by Gasteiger charge is 2.49. The molecular weight excluding hydrogens is 320 g/mol. The molecule has 0 aliphatic carbocycles. The zero-order chi connectivity index (χ0) is 18.2. The van der Waals surface area contributed by atoms with Gasteiger partial charge < -0.3 is 4.43 Å². The lowest BCUT2D eigenvalue weighted by Gasteiger charge is -2.43. The van der Waals surface area contributed by atoms with E-state index in [-0.39, 0.29) is 5.04 Å². The molecule has 0 bridgehead atoms. The number of hydrogen-bond donors (Lipinski definition) is 0. The van der Waals surface area contributed by atoms with Gasteiger partial charge in [-0.15, -0.1) is 6.58 Å². The summed E-state index contributed by atoms with van der Waals surface area (Å²) in [6.07, 6.45) is 6.61. The van der Waals surface area contributed by atoms with Crippen LogP contribution in [0.25, 0.3) is 0 Å². The van der Waals surface area contributed by atoms with Gasteiger partial charge in [0.1, 0.15) is 0 Å². The van der Waals surface area contributed by atoms with Gasteiger partial charge in [0.15, 0.2) is 0 Å². The molecule has 25 heavy (non-hydrogen) atoms. The van der Waals surface area contributed by atoms with Crippen molar-refractivity contribution in [1.82, 2.24) is 0 Å². The van der Waals surface area contributed by atoms with E-state index in [1.807, 2.05) is 6.08 Å².